The Morgan fingerprint density at radius 1 is 1.21 bits per heavy atom. The van der Waals surface area contributed by atoms with Crippen LogP contribution in [0.5, 0.6) is 0 Å². The number of benzene rings is 1. The monoisotopic (exact) mass is 396 g/mol. The fraction of sp³-hybridized carbons (Fsp3) is 0.150. The molecular formula is C20H16N2O5S. The molecule has 1 saturated heterocycles. The van der Waals surface area contributed by atoms with Gasteiger partial charge in [-0.15, -0.1) is 0 Å². The largest absolute Gasteiger partial charge is 0.463 e. The predicted molar refractivity (Wildman–Crippen MR) is 104 cm³/mol. The van der Waals surface area contributed by atoms with Crippen molar-refractivity contribution in [3.05, 3.63) is 64.6 Å². The van der Waals surface area contributed by atoms with E-state index < -0.39 is 5.97 Å². The third-order valence-electron chi connectivity index (χ3n) is 4.45. The van der Waals surface area contributed by atoms with E-state index in [1.165, 1.54) is 13.2 Å². The molecule has 0 bridgehead atoms. The molecule has 0 saturated carbocycles. The first kappa shape index (κ1) is 18.1. The van der Waals surface area contributed by atoms with E-state index in [4.69, 9.17) is 4.42 Å². The highest BCUT2D eigenvalue weighted by Gasteiger charge is 2.36. The summed E-state index contributed by atoms with van der Waals surface area (Å²) in [6.45, 7) is -0.0471. The van der Waals surface area contributed by atoms with Gasteiger partial charge in [0.2, 0.25) is 5.76 Å². The van der Waals surface area contributed by atoms with Gasteiger partial charge in [0.1, 0.15) is 5.76 Å². The lowest BCUT2D eigenvalue weighted by Gasteiger charge is -2.09. The van der Waals surface area contributed by atoms with Crippen LogP contribution in [-0.4, -0.2) is 33.7 Å². The first-order valence-corrected chi connectivity index (χ1v) is 9.26. The van der Waals surface area contributed by atoms with E-state index in [0.717, 1.165) is 33.1 Å². The van der Waals surface area contributed by atoms with Crippen LogP contribution >= 0.6 is 11.8 Å². The molecular weight excluding hydrogens is 380 g/mol. The number of methoxy groups -OCH3 is 1. The molecule has 3 heterocycles. The summed E-state index contributed by atoms with van der Waals surface area (Å²) >= 11 is 0.887. The molecule has 0 N–H and O–H groups in total. The van der Waals surface area contributed by atoms with E-state index in [-0.39, 0.29) is 23.5 Å². The van der Waals surface area contributed by atoms with Crippen LogP contribution in [0.4, 0.5) is 4.79 Å². The van der Waals surface area contributed by atoms with Gasteiger partial charge in [0.25, 0.3) is 11.1 Å². The number of rotatable bonds is 4. The number of nitrogens with zero attached hydrogens (tertiary/aromatic N) is 2. The number of hydrogen-bond acceptors (Lipinski definition) is 6. The Balaban J connectivity index is 1.59. The molecule has 0 radical (unpaired) electrons. The summed E-state index contributed by atoms with van der Waals surface area (Å²) in [5.74, 6) is -0.653. The van der Waals surface area contributed by atoms with Gasteiger partial charge in [0.05, 0.1) is 18.6 Å². The van der Waals surface area contributed by atoms with E-state index in [2.05, 4.69) is 4.74 Å². The number of fused-ring (bicyclic) bond motifs is 1. The molecule has 4 rings (SSSR count). The van der Waals surface area contributed by atoms with Crippen LogP contribution in [0.3, 0.4) is 0 Å². The molecule has 8 heteroatoms. The zero-order chi connectivity index (χ0) is 19.8. The molecule has 1 aromatic carbocycles. The Morgan fingerprint density at radius 3 is 2.79 bits per heavy atom. The van der Waals surface area contributed by atoms with Crippen molar-refractivity contribution in [2.24, 2.45) is 7.05 Å². The van der Waals surface area contributed by atoms with Gasteiger partial charge in [-0.25, -0.2) is 4.79 Å². The Hall–Kier alpha value is -3.26. The Morgan fingerprint density at radius 2 is 2.00 bits per heavy atom. The summed E-state index contributed by atoms with van der Waals surface area (Å²) in [4.78, 5) is 38.0. The van der Waals surface area contributed by atoms with Crippen molar-refractivity contribution in [3.8, 4) is 0 Å². The quantitative estimate of drug-likeness (QED) is 0.493. The number of amides is 2. The van der Waals surface area contributed by atoms with E-state index in [0.29, 0.717) is 10.7 Å². The van der Waals surface area contributed by atoms with E-state index in [1.807, 2.05) is 42.1 Å². The van der Waals surface area contributed by atoms with Crippen LogP contribution in [0.2, 0.25) is 0 Å². The number of aryl methyl sites for hydroxylation is 1. The SMILES string of the molecule is COC(=O)c1ccc(CN2C(=O)S/C(=C/c3cn(C)c4ccccc34)C2=O)o1. The number of thioether (sulfide) groups is 1. The van der Waals surface area contributed by atoms with E-state index >= 15 is 0 Å². The summed E-state index contributed by atoms with van der Waals surface area (Å²) < 4.78 is 11.9. The number of furan rings is 1. The van der Waals surface area contributed by atoms with Crippen molar-refractivity contribution >= 4 is 45.9 Å². The molecule has 2 aromatic heterocycles. The van der Waals surface area contributed by atoms with Crippen LogP contribution < -0.4 is 0 Å². The van der Waals surface area contributed by atoms with Crippen molar-refractivity contribution in [2.45, 2.75) is 6.54 Å². The van der Waals surface area contributed by atoms with Gasteiger partial charge in [-0.05, 0) is 36.0 Å². The van der Waals surface area contributed by atoms with Crippen molar-refractivity contribution in [2.75, 3.05) is 7.11 Å². The van der Waals surface area contributed by atoms with Gasteiger partial charge in [-0.1, -0.05) is 18.2 Å². The standard InChI is InChI=1S/C20H16N2O5S/c1-21-10-12(14-5-3-4-6-15(14)21)9-17-18(23)22(20(25)28-17)11-13-7-8-16(27-13)19(24)26-2/h3-10H,11H2,1-2H3/b17-9+. The number of hydrogen-bond donors (Lipinski definition) is 0. The van der Waals surface area contributed by atoms with E-state index in [9.17, 15) is 14.4 Å². The highest BCUT2D eigenvalue weighted by Crippen LogP contribution is 2.35. The third kappa shape index (κ3) is 3.11. The van der Waals surface area contributed by atoms with Gasteiger partial charge in [0, 0.05) is 29.7 Å². The molecule has 142 valence electrons. The number of ether oxygens (including phenoxy) is 1. The maximum absolute atomic E-state index is 12.7. The second kappa shape index (κ2) is 7.05. The zero-order valence-electron chi connectivity index (χ0n) is 15.2. The molecule has 2 amide bonds. The number of imide groups is 1. The summed E-state index contributed by atoms with van der Waals surface area (Å²) in [5, 5.41) is 0.623. The normalized spacial score (nSPS) is 15.8. The molecule has 0 unspecified atom stereocenters. The maximum atomic E-state index is 12.7. The fourth-order valence-electron chi connectivity index (χ4n) is 3.09. The highest BCUT2D eigenvalue weighted by atomic mass is 32.2. The summed E-state index contributed by atoms with van der Waals surface area (Å²) in [5.41, 5.74) is 1.91. The van der Waals surface area contributed by atoms with Crippen LogP contribution in [0.1, 0.15) is 21.9 Å². The third-order valence-corrected chi connectivity index (χ3v) is 5.36. The van der Waals surface area contributed by atoms with Gasteiger partial charge in [-0.3, -0.25) is 14.5 Å². The number of carbonyl (C=O) groups is 3. The smallest absolute Gasteiger partial charge is 0.373 e. The van der Waals surface area contributed by atoms with Gasteiger partial charge >= 0.3 is 5.97 Å². The lowest BCUT2D eigenvalue weighted by Crippen LogP contribution is -2.27. The van der Waals surface area contributed by atoms with Gasteiger partial charge in [-0.2, -0.15) is 0 Å². The van der Waals surface area contributed by atoms with Crippen LogP contribution in [0.15, 0.2) is 51.9 Å². The van der Waals surface area contributed by atoms with Gasteiger partial charge < -0.3 is 13.7 Å². The van der Waals surface area contributed by atoms with Gasteiger partial charge in [0.15, 0.2) is 0 Å². The maximum Gasteiger partial charge on any atom is 0.373 e. The zero-order valence-corrected chi connectivity index (χ0v) is 16.0. The molecule has 1 fully saturated rings. The lowest BCUT2D eigenvalue weighted by molar-refractivity contribution is -0.123. The Labute approximate surface area is 164 Å². The number of carbonyl (C=O) groups excluding carboxylic acids is 3. The second-order valence-electron chi connectivity index (χ2n) is 6.24. The first-order valence-electron chi connectivity index (χ1n) is 8.44. The average molecular weight is 396 g/mol. The minimum absolute atomic E-state index is 0.0239. The second-order valence-corrected chi connectivity index (χ2v) is 7.23. The Bertz CT molecular complexity index is 1140. The summed E-state index contributed by atoms with van der Waals surface area (Å²) in [6.07, 6.45) is 3.66. The molecule has 7 nitrogen and oxygen atoms in total. The van der Waals surface area contributed by atoms with Crippen molar-refractivity contribution in [1.82, 2.24) is 9.47 Å². The topological polar surface area (TPSA) is 81.8 Å². The minimum atomic E-state index is -0.615. The summed E-state index contributed by atoms with van der Waals surface area (Å²) in [7, 11) is 3.18. The minimum Gasteiger partial charge on any atom is -0.463 e. The van der Waals surface area contributed by atoms with Crippen molar-refractivity contribution in [3.63, 3.8) is 0 Å². The fourth-order valence-corrected chi connectivity index (χ4v) is 3.92. The van der Waals surface area contributed by atoms with Crippen molar-refractivity contribution < 1.29 is 23.5 Å². The molecule has 0 aliphatic carbocycles. The highest BCUT2D eigenvalue weighted by molar-refractivity contribution is 8.18. The molecule has 28 heavy (non-hydrogen) atoms. The van der Waals surface area contributed by atoms with Crippen LogP contribution in [-0.2, 0) is 23.1 Å². The number of para-hydroxylation sites is 1. The molecule has 0 spiro atoms. The first-order chi connectivity index (χ1) is 13.5. The van der Waals surface area contributed by atoms with Crippen molar-refractivity contribution in [1.29, 1.82) is 0 Å². The number of esters is 1. The molecule has 1 aliphatic rings. The average Bonchev–Trinajstić information content (AvgIpc) is 3.36. The molecule has 1 aliphatic heterocycles. The predicted octanol–water partition coefficient (Wildman–Crippen LogP) is 3.79. The molecule has 0 atom stereocenters. The van der Waals surface area contributed by atoms with E-state index in [1.54, 1.807) is 12.1 Å². The lowest BCUT2D eigenvalue weighted by atomic mass is 10.1. The van der Waals surface area contributed by atoms with Crippen LogP contribution in [0.25, 0.3) is 17.0 Å². The number of aromatic nitrogens is 1. The Kier molecular flexibility index (Phi) is 4.56. The molecule has 3 aromatic rings. The summed E-state index contributed by atoms with van der Waals surface area (Å²) in [6, 6.07) is 10.8. The van der Waals surface area contributed by atoms with Crippen LogP contribution in [0, 0.1) is 0 Å².